The van der Waals surface area contributed by atoms with E-state index >= 15 is 0 Å². The number of likely N-dealkylation sites (tertiary alicyclic amines) is 1. The Morgan fingerprint density at radius 1 is 1.19 bits per heavy atom. The number of pyridine rings is 1. The number of hydrogen-bond acceptors (Lipinski definition) is 5. The molecule has 1 amide bonds. The summed E-state index contributed by atoms with van der Waals surface area (Å²) in [5.74, 6) is -0.447. The van der Waals surface area contributed by atoms with Crippen LogP contribution in [0.25, 0.3) is 0 Å². The Morgan fingerprint density at radius 3 is 2.59 bits per heavy atom. The Morgan fingerprint density at radius 2 is 1.92 bits per heavy atom. The van der Waals surface area contributed by atoms with Crippen LogP contribution in [0.1, 0.15) is 71.7 Å². The molecular weight excluding hydrogens is 485 g/mol. The Balaban J connectivity index is 1.65. The molecule has 0 spiro atoms. The number of likely N-dealkylation sites (N-methyl/N-ethyl adjacent to an activating group) is 1. The minimum atomic E-state index is -4.48. The van der Waals surface area contributed by atoms with Crippen LogP contribution < -0.4 is 16.2 Å². The number of anilines is 1. The minimum absolute atomic E-state index is 0.0757. The van der Waals surface area contributed by atoms with Crippen molar-refractivity contribution < 1.29 is 22.7 Å². The molecule has 0 bridgehead atoms. The number of rotatable bonds is 6. The first-order valence-corrected chi connectivity index (χ1v) is 12.8. The minimum Gasteiger partial charge on any atom is -0.381 e. The maximum atomic E-state index is 13.6. The van der Waals surface area contributed by atoms with Crippen LogP contribution in [0.5, 0.6) is 0 Å². The number of nitrogens with one attached hydrogen (secondary N) is 2. The van der Waals surface area contributed by atoms with Crippen molar-refractivity contribution in [3.63, 3.8) is 0 Å². The zero-order valence-corrected chi connectivity index (χ0v) is 21.5. The van der Waals surface area contributed by atoms with Crippen molar-refractivity contribution in [2.45, 2.75) is 63.8 Å². The standard InChI is InChI=1S/C27H35F3N4O3/c1-17-21(7-4-8-23(17)27(28,29)30)18(2)31-26(36)22-16-34(20-9-12-37-13-10-20)25(35)14-24(22)32-19-6-5-11-33(3)15-19/h4,7-8,14,16,18-20,32H,5-6,9-13,15H2,1-3H3,(H,31,36)/t18-,19+/m1/s1. The van der Waals surface area contributed by atoms with Gasteiger partial charge in [0.15, 0.2) is 0 Å². The summed E-state index contributed by atoms with van der Waals surface area (Å²) in [5.41, 5.74) is 0.303. The maximum absolute atomic E-state index is 13.6. The average Bonchev–Trinajstić information content (AvgIpc) is 2.84. The van der Waals surface area contributed by atoms with Crippen LogP contribution in [0.2, 0.25) is 0 Å². The number of benzene rings is 1. The van der Waals surface area contributed by atoms with Crippen molar-refractivity contribution in [2.75, 3.05) is 38.7 Å². The number of piperidine rings is 1. The molecule has 0 saturated carbocycles. The first-order valence-electron chi connectivity index (χ1n) is 12.8. The van der Waals surface area contributed by atoms with Gasteiger partial charge >= 0.3 is 6.18 Å². The normalized spacial score (nSPS) is 20.4. The Kier molecular flexibility index (Phi) is 8.28. The summed E-state index contributed by atoms with van der Waals surface area (Å²) in [6.07, 6.45) is 0.360. The van der Waals surface area contributed by atoms with Crippen LogP contribution in [-0.2, 0) is 10.9 Å². The van der Waals surface area contributed by atoms with E-state index < -0.39 is 23.7 Å². The summed E-state index contributed by atoms with van der Waals surface area (Å²) in [6, 6.07) is 4.78. The molecule has 2 saturated heterocycles. The van der Waals surface area contributed by atoms with Crippen LogP contribution in [0, 0.1) is 6.92 Å². The highest BCUT2D eigenvalue weighted by Gasteiger charge is 2.33. The summed E-state index contributed by atoms with van der Waals surface area (Å²) in [7, 11) is 2.03. The van der Waals surface area contributed by atoms with E-state index in [4.69, 9.17) is 4.74 Å². The lowest BCUT2D eigenvalue weighted by molar-refractivity contribution is -0.138. The molecule has 3 heterocycles. The lowest BCUT2D eigenvalue weighted by Crippen LogP contribution is -2.41. The zero-order valence-electron chi connectivity index (χ0n) is 21.5. The van der Waals surface area contributed by atoms with Crippen LogP contribution in [0.15, 0.2) is 35.3 Å². The SMILES string of the molecule is Cc1c([C@@H](C)NC(=O)c2cn(C3CCOCC3)c(=O)cc2N[C@H]2CCCN(C)C2)cccc1C(F)(F)F. The summed E-state index contributed by atoms with van der Waals surface area (Å²) in [6.45, 7) is 5.93. The van der Waals surface area contributed by atoms with Gasteiger partial charge < -0.3 is 24.8 Å². The van der Waals surface area contributed by atoms with Gasteiger partial charge in [-0.1, -0.05) is 12.1 Å². The highest BCUT2D eigenvalue weighted by Crippen LogP contribution is 2.34. The van der Waals surface area contributed by atoms with Crippen molar-refractivity contribution in [2.24, 2.45) is 0 Å². The van der Waals surface area contributed by atoms with E-state index in [0.29, 0.717) is 42.9 Å². The summed E-state index contributed by atoms with van der Waals surface area (Å²) >= 11 is 0. The number of aromatic nitrogens is 1. The van der Waals surface area contributed by atoms with E-state index in [0.717, 1.165) is 32.0 Å². The fourth-order valence-corrected chi connectivity index (χ4v) is 5.38. The molecule has 0 unspecified atom stereocenters. The first kappa shape index (κ1) is 27.2. The number of carbonyl (C=O) groups excluding carboxylic acids is 1. The van der Waals surface area contributed by atoms with Gasteiger partial charge in [0.1, 0.15) is 0 Å². The van der Waals surface area contributed by atoms with Crippen molar-refractivity contribution >= 4 is 11.6 Å². The van der Waals surface area contributed by atoms with E-state index in [-0.39, 0.29) is 23.2 Å². The third kappa shape index (κ3) is 6.35. The molecule has 2 aromatic rings. The molecule has 2 N–H and O–H groups in total. The topological polar surface area (TPSA) is 75.6 Å². The van der Waals surface area contributed by atoms with Crippen LogP contribution in [0.4, 0.5) is 18.9 Å². The lowest BCUT2D eigenvalue weighted by Gasteiger charge is -2.32. The fraction of sp³-hybridized carbons (Fsp3) is 0.556. The molecular formula is C27H35F3N4O3. The van der Waals surface area contributed by atoms with Gasteiger partial charge in [0.05, 0.1) is 22.9 Å². The highest BCUT2D eigenvalue weighted by molar-refractivity contribution is 5.99. The van der Waals surface area contributed by atoms with Gasteiger partial charge in [-0.25, -0.2) is 0 Å². The number of nitrogens with zero attached hydrogens (tertiary/aromatic N) is 2. The van der Waals surface area contributed by atoms with E-state index in [2.05, 4.69) is 15.5 Å². The molecule has 2 aliphatic rings. The fourth-order valence-electron chi connectivity index (χ4n) is 5.38. The number of amides is 1. The molecule has 2 aliphatic heterocycles. The molecule has 2 atom stereocenters. The predicted octanol–water partition coefficient (Wildman–Crippen LogP) is 4.52. The largest absolute Gasteiger partial charge is 0.416 e. The number of ether oxygens (including phenoxy) is 1. The van der Waals surface area contributed by atoms with Gasteiger partial charge in [0.25, 0.3) is 11.5 Å². The van der Waals surface area contributed by atoms with Crippen molar-refractivity contribution in [1.29, 1.82) is 0 Å². The van der Waals surface area contributed by atoms with Crippen LogP contribution >= 0.6 is 0 Å². The molecule has 202 valence electrons. The molecule has 1 aromatic heterocycles. The van der Waals surface area contributed by atoms with E-state index in [1.54, 1.807) is 23.8 Å². The third-order valence-electron chi connectivity index (χ3n) is 7.39. The van der Waals surface area contributed by atoms with Gasteiger partial charge in [0, 0.05) is 44.1 Å². The molecule has 37 heavy (non-hydrogen) atoms. The van der Waals surface area contributed by atoms with Gasteiger partial charge in [-0.3, -0.25) is 9.59 Å². The number of alkyl halides is 3. The van der Waals surface area contributed by atoms with Gasteiger partial charge in [-0.15, -0.1) is 0 Å². The van der Waals surface area contributed by atoms with Crippen molar-refractivity contribution in [3.05, 3.63) is 63.1 Å². The van der Waals surface area contributed by atoms with Crippen LogP contribution in [0.3, 0.4) is 0 Å². The van der Waals surface area contributed by atoms with Crippen LogP contribution in [-0.4, -0.2) is 54.8 Å². The summed E-state index contributed by atoms with van der Waals surface area (Å²) < 4.78 is 47.3. The second kappa shape index (κ2) is 11.3. The maximum Gasteiger partial charge on any atom is 0.416 e. The third-order valence-corrected chi connectivity index (χ3v) is 7.39. The van der Waals surface area contributed by atoms with Gasteiger partial charge in [0.2, 0.25) is 0 Å². The molecule has 1 aromatic carbocycles. The van der Waals surface area contributed by atoms with E-state index in [1.807, 2.05) is 7.05 Å². The molecule has 7 nitrogen and oxygen atoms in total. The molecule has 2 fully saturated rings. The average molecular weight is 521 g/mol. The Bertz CT molecular complexity index is 1170. The van der Waals surface area contributed by atoms with Crippen molar-refractivity contribution in [1.82, 2.24) is 14.8 Å². The smallest absolute Gasteiger partial charge is 0.381 e. The predicted molar refractivity (Wildman–Crippen MR) is 136 cm³/mol. The highest BCUT2D eigenvalue weighted by atomic mass is 19.4. The first-order chi connectivity index (χ1) is 17.5. The molecule has 10 heteroatoms. The zero-order chi connectivity index (χ0) is 26.7. The second-order valence-electron chi connectivity index (χ2n) is 10.1. The summed E-state index contributed by atoms with van der Waals surface area (Å²) in [5, 5.41) is 6.27. The Labute approximate surface area is 215 Å². The molecule has 0 aliphatic carbocycles. The molecule has 4 rings (SSSR count). The lowest BCUT2D eigenvalue weighted by atomic mass is 9.97. The number of carbonyl (C=O) groups is 1. The Hall–Kier alpha value is -2.85. The monoisotopic (exact) mass is 520 g/mol. The quantitative estimate of drug-likeness (QED) is 0.586. The van der Waals surface area contributed by atoms with E-state index in [1.165, 1.54) is 19.1 Å². The van der Waals surface area contributed by atoms with Gasteiger partial charge in [-0.2, -0.15) is 13.2 Å². The summed E-state index contributed by atoms with van der Waals surface area (Å²) in [4.78, 5) is 28.8. The second-order valence-corrected chi connectivity index (χ2v) is 10.1. The molecule has 0 radical (unpaired) electrons. The van der Waals surface area contributed by atoms with Gasteiger partial charge in [-0.05, 0) is 70.3 Å². The number of hydrogen-bond donors (Lipinski definition) is 2. The van der Waals surface area contributed by atoms with E-state index in [9.17, 15) is 22.8 Å². The van der Waals surface area contributed by atoms with Crippen molar-refractivity contribution in [3.8, 4) is 0 Å². The number of halogens is 3.